The molecular weight excluding hydrogens is 604 g/mol. The van der Waals surface area contributed by atoms with Crippen LogP contribution in [0.25, 0.3) is 6.08 Å². The fraction of sp³-hybridized carbons (Fsp3) is 0.353. The summed E-state index contributed by atoms with van der Waals surface area (Å²) in [5.74, 6) is -2.03. The summed E-state index contributed by atoms with van der Waals surface area (Å²) in [5, 5.41) is 34.0. The first-order chi connectivity index (χ1) is 22.1. The molecule has 4 amide bonds. The quantitative estimate of drug-likeness (QED) is 0.137. The molecule has 0 aliphatic carbocycles. The number of nitrogens with zero attached hydrogens (tertiary/aromatic N) is 2. The van der Waals surface area contributed by atoms with Crippen molar-refractivity contribution in [3.8, 4) is 11.8 Å². The van der Waals surface area contributed by atoms with Gasteiger partial charge in [0.05, 0.1) is 6.10 Å². The molecule has 0 saturated carbocycles. The number of aromatic nitrogens is 1. The van der Waals surface area contributed by atoms with Crippen LogP contribution in [0.15, 0.2) is 64.7 Å². The van der Waals surface area contributed by atoms with Gasteiger partial charge in [-0.25, -0.2) is 0 Å². The SMILES string of the molecule is Cc1ccc(CNC(=O)[C@H](COc2cccc(/C=C(\C#N)C(=O)NC(C)(C)C)c2)NC(=O)[C@@H](NC(=O)c2cc(C)on2)[C@@H](C)O)cc1. The number of rotatable bonds is 13. The van der Waals surface area contributed by atoms with Crippen LogP contribution in [0.3, 0.4) is 0 Å². The van der Waals surface area contributed by atoms with E-state index in [4.69, 9.17) is 9.26 Å². The number of aliphatic hydroxyl groups is 1. The molecule has 0 aliphatic rings. The van der Waals surface area contributed by atoms with Crippen molar-refractivity contribution in [2.24, 2.45) is 0 Å². The molecule has 0 saturated heterocycles. The molecule has 13 heteroatoms. The van der Waals surface area contributed by atoms with E-state index in [9.17, 15) is 29.5 Å². The molecule has 0 spiro atoms. The first kappa shape index (κ1) is 36.0. The van der Waals surface area contributed by atoms with Crippen molar-refractivity contribution in [1.82, 2.24) is 26.4 Å². The lowest BCUT2D eigenvalue weighted by molar-refractivity contribution is -0.132. The van der Waals surface area contributed by atoms with Crippen LogP contribution in [0, 0.1) is 25.2 Å². The van der Waals surface area contributed by atoms with E-state index >= 15 is 0 Å². The van der Waals surface area contributed by atoms with Gasteiger partial charge >= 0.3 is 0 Å². The maximum absolute atomic E-state index is 13.4. The van der Waals surface area contributed by atoms with Gasteiger partial charge in [0.25, 0.3) is 11.8 Å². The van der Waals surface area contributed by atoms with Crippen LogP contribution in [-0.4, -0.2) is 64.2 Å². The molecule has 3 aromatic rings. The monoisotopic (exact) mass is 644 g/mol. The molecule has 0 unspecified atom stereocenters. The van der Waals surface area contributed by atoms with Crippen molar-refractivity contribution >= 4 is 29.7 Å². The van der Waals surface area contributed by atoms with E-state index in [0.29, 0.717) is 17.1 Å². The number of hydrogen-bond donors (Lipinski definition) is 5. The summed E-state index contributed by atoms with van der Waals surface area (Å²) in [6.45, 7) is 10.1. The van der Waals surface area contributed by atoms with Crippen LogP contribution in [0.1, 0.15) is 60.6 Å². The van der Waals surface area contributed by atoms with Gasteiger partial charge in [0.1, 0.15) is 41.8 Å². The Balaban J connectivity index is 1.79. The van der Waals surface area contributed by atoms with Crippen molar-refractivity contribution in [1.29, 1.82) is 5.26 Å². The third kappa shape index (κ3) is 11.4. The van der Waals surface area contributed by atoms with Gasteiger partial charge in [0, 0.05) is 18.2 Å². The molecule has 13 nitrogen and oxygen atoms in total. The lowest BCUT2D eigenvalue weighted by Gasteiger charge is -2.24. The minimum atomic E-state index is -1.44. The molecule has 0 bridgehead atoms. The zero-order chi connectivity index (χ0) is 34.7. The van der Waals surface area contributed by atoms with Crippen molar-refractivity contribution in [3.05, 3.63) is 88.3 Å². The van der Waals surface area contributed by atoms with Gasteiger partial charge in [-0.3, -0.25) is 19.2 Å². The smallest absolute Gasteiger partial charge is 0.274 e. The topological polar surface area (TPSA) is 196 Å². The molecule has 248 valence electrons. The molecule has 0 fully saturated rings. The second-order valence-electron chi connectivity index (χ2n) is 12.0. The predicted octanol–water partition coefficient (Wildman–Crippen LogP) is 2.47. The van der Waals surface area contributed by atoms with E-state index in [1.807, 2.05) is 37.3 Å². The molecule has 0 aliphatic heterocycles. The number of nitrogens with one attached hydrogen (secondary N) is 4. The van der Waals surface area contributed by atoms with Gasteiger partial charge in [-0.15, -0.1) is 0 Å². The zero-order valence-electron chi connectivity index (χ0n) is 27.2. The van der Waals surface area contributed by atoms with Crippen molar-refractivity contribution in [2.75, 3.05) is 6.61 Å². The molecule has 3 atom stereocenters. The molecule has 1 heterocycles. The van der Waals surface area contributed by atoms with E-state index < -0.39 is 47.4 Å². The Labute approximate surface area is 273 Å². The zero-order valence-corrected chi connectivity index (χ0v) is 27.2. The van der Waals surface area contributed by atoms with Crippen molar-refractivity contribution in [3.63, 3.8) is 0 Å². The fourth-order valence-corrected chi connectivity index (χ4v) is 4.15. The highest BCUT2D eigenvalue weighted by atomic mass is 16.5. The summed E-state index contributed by atoms with van der Waals surface area (Å²) in [4.78, 5) is 51.9. The Bertz CT molecular complexity index is 1650. The average molecular weight is 645 g/mol. The number of hydrogen-bond acceptors (Lipinski definition) is 9. The summed E-state index contributed by atoms with van der Waals surface area (Å²) >= 11 is 0. The number of carbonyl (C=O) groups is 4. The van der Waals surface area contributed by atoms with Crippen LogP contribution in [0.2, 0.25) is 0 Å². The first-order valence-corrected chi connectivity index (χ1v) is 14.9. The van der Waals surface area contributed by atoms with Gasteiger partial charge in [-0.2, -0.15) is 5.26 Å². The normalized spacial score (nSPS) is 13.4. The summed E-state index contributed by atoms with van der Waals surface area (Å²) in [6, 6.07) is 14.6. The average Bonchev–Trinajstić information content (AvgIpc) is 3.45. The number of nitriles is 1. The van der Waals surface area contributed by atoms with E-state index in [-0.39, 0.29) is 24.4 Å². The third-order valence-corrected chi connectivity index (χ3v) is 6.57. The van der Waals surface area contributed by atoms with Crippen LogP contribution in [-0.2, 0) is 20.9 Å². The summed E-state index contributed by atoms with van der Waals surface area (Å²) in [5.41, 5.74) is 1.65. The minimum Gasteiger partial charge on any atom is -0.491 e. The highest BCUT2D eigenvalue weighted by molar-refractivity contribution is 6.02. The fourth-order valence-electron chi connectivity index (χ4n) is 4.15. The van der Waals surface area contributed by atoms with Crippen LogP contribution < -0.4 is 26.0 Å². The highest BCUT2D eigenvalue weighted by Gasteiger charge is 2.31. The summed E-state index contributed by atoms with van der Waals surface area (Å²) in [7, 11) is 0. The van der Waals surface area contributed by atoms with E-state index in [1.165, 1.54) is 19.1 Å². The van der Waals surface area contributed by atoms with Crippen LogP contribution in [0.5, 0.6) is 5.75 Å². The van der Waals surface area contributed by atoms with Gasteiger partial charge in [-0.05, 0) is 70.9 Å². The van der Waals surface area contributed by atoms with Gasteiger partial charge in [-0.1, -0.05) is 47.1 Å². The lowest BCUT2D eigenvalue weighted by atomic mass is 10.1. The summed E-state index contributed by atoms with van der Waals surface area (Å²) < 4.78 is 10.8. The first-order valence-electron chi connectivity index (χ1n) is 14.9. The lowest BCUT2D eigenvalue weighted by Crippen LogP contribution is -2.58. The Kier molecular flexibility index (Phi) is 12.4. The molecular formula is C34H40N6O7. The number of aliphatic hydroxyl groups excluding tert-OH is 1. The van der Waals surface area contributed by atoms with Crippen molar-refractivity contribution in [2.45, 2.75) is 71.8 Å². The largest absolute Gasteiger partial charge is 0.491 e. The molecule has 2 aromatic carbocycles. The maximum Gasteiger partial charge on any atom is 0.274 e. The van der Waals surface area contributed by atoms with E-state index in [1.54, 1.807) is 52.0 Å². The summed E-state index contributed by atoms with van der Waals surface area (Å²) in [6.07, 6.45) is 0.0747. The highest BCUT2D eigenvalue weighted by Crippen LogP contribution is 2.17. The molecule has 5 N–H and O–H groups in total. The van der Waals surface area contributed by atoms with Gasteiger partial charge < -0.3 is 35.6 Å². The third-order valence-electron chi connectivity index (χ3n) is 6.57. The Hall–Kier alpha value is -5.48. The second kappa shape index (κ2) is 16.2. The standard InChI is InChI=1S/C34H40N6O7/c1-20-10-12-23(13-11-20)18-36-31(43)28(37-33(45)29(22(3)41)38-32(44)27-14-21(2)47-40-27)19-46-26-9-7-8-24(16-26)15-25(17-35)30(42)39-34(4,5)6/h7-16,22,28-29,41H,18-19H2,1-6H3,(H,36,43)(H,37,45)(H,38,44)(H,39,42)/b25-15+/t22-,28+,29+/m1/s1. The van der Waals surface area contributed by atoms with E-state index in [0.717, 1.165) is 11.1 Å². The number of amides is 4. The minimum absolute atomic E-state index is 0.0824. The number of ether oxygens (including phenoxy) is 1. The van der Waals surface area contributed by atoms with Gasteiger partial charge in [0.2, 0.25) is 11.8 Å². The van der Waals surface area contributed by atoms with Crippen LogP contribution in [0.4, 0.5) is 0 Å². The van der Waals surface area contributed by atoms with Crippen molar-refractivity contribution < 1.29 is 33.5 Å². The molecule has 1 aromatic heterocycles. The molecule has 0 radical (unpaired) electrons. The van der Waals surface area contributed by atoms with E-state index in [2.05, 4.69) is 26.4 Å². The van der Waals surface area contributed by atoms with Gasteiger partial charge in [0.15, 0.2) is 5.69 Å². The number of carbonyl (C=O) groups excluding carboxylic acids is 4. The maximum atomic E-state index is 13.4. The molecule has 47 heavy (non-hydrogen) atoms. The molecule has 3 rings (SSSR count). The Morgan fingerprint density at radius 2 is 1.74 bits per heavy atom. The number of aryl methyl sites for hydroxylation is 2. The Morgan fingerprint density at radius 1 is 1.04 bits per heavy atom. The number of benzene rings is 2. The Morgan fingerprint density at radius 3 is 2.34 bits per heavy atom. The predicted molar refractivity (Wildman–Crippen MR) is 173 cm³/mol. The second-order valence-corrected chi connectivity index (χ2v) is 12.0. The van der Waals surface area contributed by atoms with Crippen LogP contribution >= 0.6 is 0 Å².